The molecule has 20 heavy (non-hydrogen) atoms. The summed E-state index contributed by atoms with van der Waals surface area (Å²) >= 11 is 0. The third kappa shape index (κ3) is 5.05. The van der Waals surface area contributed by atoms with Gasteiger partial charge in [0.15, 0.2) is 0 Å². The fourth-order valence-electron chi connectivity index (χ4n) is 2.59. The van der Waals surface area contributed by atoms with Crippen LogP contribution in [-0.4, -0.2) is 13.1 Å². The molecule has 1 aromatic rings. The van der Waals surface area contributed by atoms with Crippen molar-refractivity contribution in [2.45, 2.75) is 39.2 Å². The maximum atomic E-state index is 12.7. The summed E-state index contributed by atoms with van der Waals surface area (Å²) < 4.78 is 43.7. The van der Waals surface area contributed by atoms with Gasteiger partial charge in [0.1, 0.15) is 5.75 Å². The van der Waals surface area contributed by atoms with Crippen LogP contribution < -0.4 is 61.6 Å². The predicted octanol–water partition coefficient (Wildman–Crippen LogP) is 0.948. The molecule has 2 rings (SSSR count). The standard InChI is InChI=1S/C14H19BF3O.K/c1-10-6-7-14(8-11(10)2)19-13-5-3-4-12(9-13)15(16,17)18;/h3-5,9-11,14H,6-8H2,1-2H3;/q-1;+1. The summed E-state index contributed by atoms with van der Waals surface area (Å²) in [6, 6.07) is 5.23. The number of rotatable bonds is 3. The maximum absolute atomic E-state index is 12.7. The van der Waals surface area contributed by atoms with Crippen molar-refractivity contribution in [1.29, 1.82) is 0 Å². The normalized spacial score (nSPS) is 26.8. The molecule has 0 bridgehead atoms. The molecule has 1 fully saturated rings. The van der Waals surface area contributed by atoms with Gasteiger partial charge in [-0.05, 0) is 43.2 Å². The summed E-state index contributed by atoms with van der Waals surface area (Å²) in [7, 11) is 0. The molecule has 1 saturated carbocycles. The average Bonchev–Trinajstić information content (AvgIpc) is 2.33. The van der Waals surface area contributed by atoms with Gasteiger partial charge in [0.2, 0.25) is 0 Å². The number of hydrogen-bond donors (Lipinski definition) is 0. The van der Waals surface area contributed by atoms with Gasteiger partial charge in [0, 0.05) is 0 Å². The van der Waals surface area contributed by atoms with Crippen LogP contribution in [0.3, 0.4) is 0 Å². The quantitative estimate of drug-likeness (QED) is 0.756. The van der Waals surface area contributed by atoms with E-state index in [0.717, 1.165) is 31.4 Å². The Morgan fingerprint density at radius 3 is 2.40 bits per heavy atom. The fourth-order valence-corrected chi connectivity index (χ4v) is 2.59. The van der Waals surface area contributed by atoms with E-state index < -0.39 is 12.4 Å². The first-order chi connectivity index (χ1) is 8.86. The number of benzene rings is 1. The SMILES string of the molecule is CC1CCC(Oc2cccc([B-](F)(F)F)c2)CC1C.[K+]. The molecule has 0 spiro atoms. The van der Waals surface area contributed by atoms with Crippen molar-refractivity contribution >= 4 is 12.4 Å². The van der Waals surface area contributed by atoms with Crippen molar-refractivity contribution in [1.82, 2.24) is 0 Å². The minimum Gasteiger partial charge on any atom is -0.491 e. The molecule has 1 aliphatic rings. The summed E-state index contributed by atoms with van der Waals surface area (Å²) in [5, 5.41) is 0. The van der Waals surface area contributed by atoms with Gasteiger partial charge in [-0.2, -0.15) is 0 Å². The zero-order chi connectivity index (χ0) is 14.0. The predicted molar refractivity (Wildman–Crippen MR) is 71.7 cm³/mol. The topological polar surface area (TPSA) is 9.23 Å². The van der Waals surface area contributed by atoms with Gasteiger partial charge in [0.25, 0.3) is 0 Å². The molecule has 0 aromatic heterocycles. The molecule has 0 heterocycles. The minimum atomic E-state index is -4.95. The zero-order valence-electron chi connectivity index (χ0n) is 12.3. The average molecular weight is 310 g/mol. The Morgan fingerprint density at radius 1 is 1.10 bits per heavy atom. The molecule has 1 aromatic carbocycles. The zero-order valence-corrected chi connectivity index (χ0v) is 15.4. The van der Waals surface area contributed by atoms with Crippen LogP contribution in [0.1, 0.15) is 33.1 Å². The molecule has 1 nitrogen and oxygen atoms in total. The van der Waals surface area contributed by atoms with E-state index in [4.69, 9.17) is 4.74 Å². The fraction of sp³-hybridized carbons (Fsp3) is 0.571. The van der Waals surface area contributed by atoms with E-state index >= 15 is 0 Å². The summed E-state index contributed by atoms with van der Waals surface area (Å²) in [5.41, 5.74) is -0.588. The molecule has 0 radical (unpaired) electrons. The van der Waals surface area contributed by atoms with Gasteiger partial charge in [-0.15, -0.1) is 5.46 Å². The van der Waals surface area contributed by atoms with Crippen molar-refractivity contribution in [2.75, 3.05) is 0 Å². The largest absolute Gasteiger partial charge is 1.00 e. The summed E-state index contributed by atoms with van der Waals surface area (Å²) in [6.07, 6.45) is 2.96. The summed E-state index contributed by atoms with van der Waals surface area (Å²) in [6.45, 7) is -0.560. The number of halogens is 3. The summed E-state index contributed by atoms with van der Waals surface area (Å²) in [4.78, 5) is 0. The third-order valence-corrected chi connectivity index (χ3v) is 4.09. The van der Waals surface area contributed by atoms with Crippen molar-refractivity contribution in [3.05, 3.63) is 24.3 Å². The van der Waals surface area contributed by atoms with Crippen LogP contribution in [0.5, 0.6) is 5.75 Å². The second-order valence-electron chi connectivity index (χ2n) is 5.65. The van der Waals surface area contributed by atoms with E-state index in [0.29, 0.717) is 17.6 Å². The monoisotopic (exact) mass is 310 g/mol. The van der Waals surface area contributed by atoms with Crippen molar-refractivity contribution in [3.8, 4) is 5.75 Å². The van der Waals surface area contributed by atoms with Crippen LogP contribution in [0.4, 0.5) is 12.9 Å². The maximum Gasteiger partial charge on any atom is 1.00 e. The Bertz CT molecular complexity index is 439. The van der Waals surface area contributed by atoms with Crippen LogP contribution >= 0.6 is 0 Å². The first kappa shape index (κ1) is 18.6. The Hall–Kier alpha value is 0.511. The molecule has 3 atom stereocenters. The molecular weight excluding hydrogens is 291 g/mol. The van der Waals surface area contributed by atoms with Gasteiger partial charge < -0.3 is 17.7 Å². The van der Waals surface area contributed by atoms with Gasteiger partial charge in [-0.3, -0.25) is 0 Å². The first-order valence-electron chi connectivity index (χ1n) is 6.83. The molecule has 3 unspecified atom stereocenters. The van der Waals surface area contributed by atoms with Crippen molar-refractivity contribution < 1.29 is 69.1 Å². The molecule has 1 aliphatic carbocycles. The smallest absolute Gasteiger partial charge is 0.491 e. The van der Waals surface area contributed by atoms with E-state index in [1.807, 2.05) is 0 Å². The molecule has 0 saturated heterocycles. The van der Waals surface area contributed by atoms with Gasteiger partial charge >= 0.3 is 58.4 Å². The van der Waals surface area contributed by atoms with Gasteiger partial charge in [-0.25, -0.2) is 0 Å². The molecular formula is C14H19BF3KO. The van der Waals surface area contributed by atoms with Crippen LogP contribution in [0.15, 0.2) is 24.3 Å². The van der Waals surface area contributed by atoms with Crippen LogP contribution in [0, 0.1) is 11.8 Å². The van der Waals surface area contributed by atoms with E-state index in [2.05, 4.69) is 13.8 Å². The number of ether oxygens (including phenoxy) is 1. The van der Waals surface area contributed by atoms with Gasteiger partial charge in [-0.1, -0.05) is 26.0 Å². The van der Waals surface area contributed by atoms with E-state index in [1.165, 1.54) is 6.07 Å². The Kier molecular flexibility index (Phi) is 7.12. The molecule has 0 N–H and O–H groups in total. The summed E-state index contributed by atoms with van der Waals surface area (Å²) in [5.74, 6) is 1.57. The minimum absolute atomic E-state index is 0. The van der Waals surface area contributed by atoms with Crippen molar-refractivity contribution in [2.24, 2.45) is 11.8 Å². The van der Waals surface area contributed by atoms with Crippen molar-refractivity contribution in [3.63, 3.8) is 0 Å². The Balaban J connectivity index is 0.00000200. The number of hydrogen-bond acceptors (Lipinski definition) is 1. The van der Waals surface area contributed by atoms with E-state index in [1.54, 1.807) is 6.07 Å². The first-order valence-corrected chi connectivity index (χ1v) is 6.83. The second kappa shape index (κ2) is 7.68. The molecule has 0 aliphatic heterocycles. The Morgan fingerprint density at radius 2 is 1.80 bits per heavy atom. The van der Waals surface area contributed by atoms with Crippen LogP contribution in [-0.2, 0) is 0 Å². The Labute approximate surface area is 161 Å². The second-order valence-corrected chi connectivity index (χ2v) is 5.65. The van der Waals surface area contributed by atoms with Crippen LogP contribution in [0.2, 0.25) is 0 Å². The van der Waals surface area contributed by atoms with Gasteiger partial charge in [0.05, 0.1) is 6.10 Å². The third-order valence-electron chi connectivity index (χ3n) is 4.09. The molecule has 0 amide bonds. The van der Waals surface area contributed by atoms with Crippen LogP contribution in [0.25, 0.3) is 0 Å². The van der Waals surface area contributed by atoms with E-state index in [9.17, 15) is 12.9 Å². The molecule has 106 valence electrons. The molecule has 6 heteroatoms. The van der Waals surface area contributed by atoms with E-state index in [-0.39, 0.29) is 57.5 Å².